The van der Waals surface area contributed by atoms with Crippen molar-refractivity contribution in [1.82, 2.24) is 5.32 Å². The fraction of sp³-hybridized carbons (Fsp3) is 0.136. The smallest absolute Gasteiger partial charge is 0.193 e. The van der Waals surface area contributed by atoms with Crippen LogP contribution < -0.4 is 5.32 Å². The minimum Gasteiger partial charge on any atom is -0.312 e. The molecule has 0 atom stereocenters. The lowest BCUT2D eigenvalue weighted by atomic mass is 10.0. The maximum Gasteiger partial charge on any atom is 0.193 e. The van der Waals surface area contributed by atoms with Crippen LogP contribution in [-0.4, -0.2) is 12.3 Å². The highest BCUT2D eigenvalue weighted by molar-refractivity contribution is 6.30. The van der Waals surface area contributed by atoms with Gasteiger partial charge in [-0.05, 0) is 42.3 Å². The van der Waals surface area contributed by atoms with Crippen molar-refractivity contribution in [3.05, 3.63) is 106 Å². The van der Waals surface area contributed by atoms with Crippen molar-refractivity contribution >= 4 is 17.4 Å². The summed E-state index contributed by atoms with van der Waals surface area (Å²) >= 11 is 6.00. The van der Waals surface area contributed by atoms with Crippen LogP contribution in [0, 0.1) is 0 Å². The minimum absolute atomic E-state index is 0.0568. The molecule has 0 aliphatic carbocycles. The Morgan fingerprint density at radius 1 is 0.800 bits per heavy atom. The molecule has 0 radical (unpaired) electrons. The molecule has 0 saturated heterocycles. The number of halogens is 1. The van der Waals surface area contributed by atoms with E-state index < -0.39 is 0 Å². The molecule has 0 aliphatic rings. The van der Waals surface area contributed by atoms with E-state index in [0.717, 1.165) is 35.7 Å². The van der Waals surface area contributed by atoms with E-state index >= 15 is 0 Å². The molecule has 0 bridgehead atoms. The number of rotatable bonds is 7. The molecule has 3 rings (SSSR count). The second-order valence-corrected chi connectivity index (χ2v) is 6.39. The molecule has 0 aliphatic heterocycles. The molecule has 0 saturated carbocycles. The van der Waals surface area contributed by atoms with Gasteiger partial charge in [0.1, 0.15) is 0 Å². The maximum atomic E-state index is 12.5. The first-order valence-corrected chi connectivity index (χ1v) is 8.74. The highest BCUT2D eigenvalue weighted by Crippen LogP contribution is 2.13. The summed E-state index contributed by atoms with van der Waals surface area (Å²) in [4.78, 5) is 12.5. The molecule has 2 nitrogen and oxygen atoms in total. The van der Waals surface area contributed by atoms with Crippen LogP contribution in [0.3, 0.4) is 0 Å². The number of nitrogens with one attached hydrogen (secondary N) is 1. The summed E-state index contributed by atoms with van der Waals surface area (Å²) in [5.74, 6) is 0.0568. The molecule has 0 fully saturated rings. The van der Waals surface area contributed by atoms with E-state index in [4.69, 9.17) is 11.6 Å². The van der Waals surface area contributed by atoms with Gasteiger partial charge in [-0.2, -0.15) is 0 Å². The number of carbonyl (C=O) groups is 1. The third-order valence-corrected chi connectivity index (χ3v) is 4.27. The molecule has 3 aromatic carbocycles. The van der Waals surface area contributed by atoms with Crippen LogP contribution in [-0.2, 0) is 13.0 Å². The van der Waals surface area contributed by atoms with Gasteiger partial charge in [0.05, 0.1) is 0 Å². The molecule has 25 heavy (non-hydrogen) atoms. The summed E-state index contributed by atoms with van der Waals surface area (Å²) < 4.78 is 0. The largest absolute Gasteiger partial charge is 0.312 e. The van der Waals surface area contributed by atoms with E-state index in [1.807, 2.05) is 72.8 Å². The predicted octanol–water partition coefficient (Wildman–Crippen LogP) is 4.90. The Bertz CT molecular complexity index is 845. The molecule has 3 heteroatoms. The predicted molar refractivity (Wildman–Crippen MR) is 103 cm³/mol. The third kappa shape index (κ3) is 5.02. The monoisotopic (exact) mass is 349 g/mol. The fourth-order valence-corrected chi connectivity index (χ4v) is 2.95. The van der Waals surface area contributed by atoms with E-state index in [9.17, 15) is 4.79 Å². The lowest BCUT2D eigenvalue weighted by Crippen LogP contribution is -2.17. The van der Waals surface area contributed by atoms with Gasteiger partial charge >= 0.3 is 0 Å². The summed E-state index contributed by atoms with van der Waals surface area (Å²) in [6.45, 7) is 1.59. The first-order valence-electron chi connectivity index (χ1n) is 8.36. The van der Waals surface area contributed by atoms with E-state index in [2.05, 4.69) is 11.4 Å². The normalized spacial score (nSPS) is 10.6. The molecule has 0 amide bonds. The Kier molecular flexibility index (Phi) is 5.99. The molecule has 0 heterocycles. The zero-order valence-corrected chi connectivity index (χ0v) is 14.7. The first kappa shape index (κ1) is 17.4. The number of hydrogen-bond acceptors (Lipinski definition) is 2. The maximum absolute atomic E-state index is 12.5. The Hall–Kier alpha value is -2.42. The lowest BCUT2D eigenvalue weighted by molar-refractivity contribution is 0.103. The number of ketones is 1. The third-order valence-electron chi connectivity index (χ3n) is 4.03. The zero-order valence-electron chi connectivity index (χ0n) is 13.9. The Balaban J connectivity index is 1.56. The Morgan fingerprint density at radius 3 is 2.32 bits per heavy atom. The first-order chi connectivity index (χ1) is 12.2. The van der Waals surface area contributed by atoms with Crippen molar-refractivity contribution in [3.8, 4) is 0 Å². The van der Waals surface area contributed by atoms with E-state index in [0.29, 0.717) is 5.56 Å². The second-order valence-electron chi connectivity index (χ2n) is 5.95. The van der Waals surface area contributed by atoms with Gasteiger partial charge in [0, 0.05) is 22.7 Å². The van der Waals surface area contributed by atoms with Crippen LogP contribution in [0.15, 0.2) is 78.9 Å². The molecule has 0 aromatic heterocycles. The van der Waals surface area contributed by atoms with Crippen LogP contribution in [0.5, 0.6) is 0 Å². The van der Waals surface area contributed by atoms with Crippen LogP contribution in [0.4, 0.5) is 0 Å². The second kappa shape index (κ2) is 8.61. The summed E-state index contributed by atoms with van der Waals surface area (Å²) in [7, 11) is 0. The van der Waals surface area contributed by atoms with Gasteiger partial charge < -0.3 is 5.32 Å². The molecule has 126 valence electrons. The van der Waals surface area contributed by atoms with Gasteiger partial charge in [0.2, 0.25) is 0 Å². The number of carbonyl (C=O) groups excluding carboxylic acids is 1. The van der Waals surface area contributed by atoms with Gasteiger partial charge in [-0.25, -0.2) is 0 Å². The molecular formula is C22H20ClNO. The average Bonchev–Trinajstić information content (AvgIpc) is 2.66. The standard InChI is InChI=1S/C22H20ClNO/c23-21-11-5-6-17(15-21)12-13-24-16-18-7-4-10-20(14-18)22(25)19-8-2-1-3-9-19/h1-11,14-15,24H,12-13,16H2. The van der Waals surface area contributed by atoms with Crippen molar-refractivity contribution in [3.63, 3.8) is 0 Å². The van der Waals surface area contributed by atoms with Gasteiger partial charge in [-0.3, -0.25) is 4.79 Å². The highest BCUT2D eigenvalue weighted by Gasteiger charge is 2.08. The van der Waals surface area contributed by atoms with E-state index in [1.165, 1.54) is 5.56 Å². The summed E-state index contributed by atoms with van der Waals surface area (Å²) in [6, 6.07) is 25.1. The molecule has 1 N–H and O–H groups in total. The summed E-state index contributed by atoms with van der Waals surface area (Å²) in [5.41, 5.74) is 3.76. The minimum atomic E-state index is 0.0568. The summed E-state index contributed by atoms with van der Waals surface area (Å²) in [6.07, 6.45) is 0.920. The lowest BCUT2D eigenvalue weighted by Gasteiger charge is -2.07. The van der Waals surface area contributed by atoms with Crippen molar-refractivity contribution in [1.29, 1.82) is 0 Å². The van der Waals surface area contributed by atoms with Crippen molar-refractivity contribution in [2.24, 2.45) is 0 Å². The Labute approximate surface area is 153 Å². The van der Waals surface area contributed by atoms with Gasteiger partial charge in [0.25, 0.3) is 0 Å². The van der Waals surface area contributed by atoms with Crippen LogP contribution in [0.2, 0.25) is 5.02 Å². The number of benzene rings is 3. The SMILES string of the molecule is O=C(c1ccccc1)c1cccc(CNCCc2cccc(Cl)c2)c1. The highest BCUT2D eigenvalue weighted by atomic mass is 35.5. The van der Waals surface area contributed by atoms with Gasteiger partial charge in [-0.1, -0.05) is 72.3 Å². The van der Waals surface area contributed by atoms with Crippen molar-refractivity contribution < 1.29 is 4.79 Å². The quantitative estimate of drug-likeness (QED) is 0.485. The van der Waals surface area contributed by atoms with Crippen LogP contribution in [0.25, 0.3) is 0 Å². The number of hydrogen-bond donors (Lipinski definition) is 1. The fourth-order valence-electron chi connectivity index (χ4n) is 2.74. The average molecular weight is 350 g/mol. The van der Waals surface area contributed by atoms with Crippen LogP contribution in [0.1, 0.15) is 27.0 Å². The zero-order chi connectivity index (χ0) is 17.5. The molecule has 3 aromatic rings. The molecular weight excluding hydrogens is 330 g/mol. The van der Waals surface area contributed by atoms with Gasteiger partial charge in [0.15, 0.2) is 5.78 Å². The van der Waals surface area contributed by atoms with Gasteiger partial charge in [-0.15, -0.1) is 0 Å². The van der Waals surface area contributed by atoms with Crippen LogP contribution >= 0.6 is 11.6 Å². The Morgan fingerprint density at radius 2 is 1.52 bits per heavy atom. The summed E-state index contributed by atoms with van der Waals surface area (Å²) in [5, 5.41) is 4.19. The molecule has 0 spiro atoms. The topological polar surface area (TPSA) is 29.1 Å². The van der Waals surface area contributed by atoms with Crippen molar-refractivity contribution in [2.45, 2.75) is 13.0 Å². The van der Waals surface area contributed by atoms with E-state index in [1.54, 1.807) is 0 Å². The molecule has 0 unspecified atom stereocenters. The van der Waals surface area contributed by atoms with E-state index in [-0.39, 0.29) is 5.78 Å². The van der Waals surface area contributed by atoms with Crippen molar-refractivity contribution in [2.75, 3.05) is 6.54 Å².